The van der Waals surface area contributed by atoms with E-state index in [-0.39, 0.29) is 16.5 Å². The first-order valence-electron chi connectivity index (χ1n) is 6.74. The van der Waals surface area contributed by atoms with Crippen LogP contribution in [0.3, 0.4) is 0 Å². The van der Waals surface area contributed by atoms with Crippen molar-refractivity contribution in [2.24, 2.45) is 5.73 Å². The van der Waals surface area contributed by atoms with Crippen LogP contribution in [0.5, 0.6) is 0 Å². The number of carboxylic acids is 1. The standard InChI is InChI=1S/C15H20FNO2/c1-10-12(14(18)19)7-11(8-13(10)16)15(9-17)5-3-2-4-6-15/h7-8H,2-6,9,17H2,1H3,(H,18,19). The van der Waals surface area contributed by atoms with Crippen LogP contribution >= 0.6 is 0 Å². The van der Waals surface area contributed by atoms with Crippen molar-refractivity contribution in [2.75, 3.05) is 6.54 Å². The number of hydrogen-bond donors (Lipinski definition) is 2. The molecule has 2 rings (SSSR count). The molecule has 1 aromatic rings. The van der Waals surface area contributed by atoms with Gasteiger partial charge in [0.05, 0.1) is 5.56 Å². The Morgan fingerprint density at radius 3 is 2.53 bits per heavy atom. The van der Waals surface area contributed by atoms with Gasteiger partial charge in [0.15, 0.2) is 0 Å². The molecule has 19 heavy (non-hydrogen) atoms. The summed E-state index contributed by atoms with van der Waals surface area (Å²) in [7, 11) is 0. The minimum absolute atomic E-state index is 0.0494. The smallest absolute Gasteiger partial charge is 0.336 e. The summed E-state index contributed by atoms with van der Waals surface area (Å²) < 4.78 is 14.0. The van der Waals surface area contributed by atoms with Crippen molar-refractivity contribution in [1.29, 1.82) is 0 Å². The van der Waals surface area contributed by atoms with Crippen molar-refractivity contribution >= 4 is 5.97 Å². The van der Waals surface area contributed by atoms with Gasteiger partial charge in [0.2, 0.25) is 0 Å². The molecule has 1 aliphatic carbocycles. The van der Waals surface area contributed by atoms with Crippen LogP contribution in [0.1, 0.15) is 53.6 Å². The average Bonchev–Trinajstić information content (AvgIpc) is 2.42. The molecule has 1 saturated carbocycles. The number of halogens is 1. The first-order chi connectivity index (χ1) is 9.00. The molecule has 1 fully saturated rings. The maximum Gasteiger partial charge on any atom is 0.336 e. The van der Waals surface area contributed by atoms with Crippen LogP contribution in [-0.4, -0.2) is 17.6 Å². The monoisotopic (exact) mass is 265 g/mol. The van der Waals surface area contributed by atoms with Gasteiger partial charge in [-0.2, -0.15) is 0 Å². The van der Waals surface area contributed by atoms with Crippen LogP contribution in [0.15, 0.2) is 12.1 Å². The van der Waals surface area contributed by atoms with Crippen LogP contribution in [-0.2, 0) is 5.41 Å². The summed E-state index contributed by atoms with van der Waals surface area (Å²) in [5, 5.41) is 9.17. The minimum atomic E-state index is -1.08. The van der Waals surface area contributed by atoms with Crippen LogP contribution in [0, 0.1) is 12.7 Å². The van der Waals surface area contributed by atoms with E-state index in [1.807, 2.05) is 0 Å². The molecule has 0 unspecified atom stereocenters. The molecular formula is C15H20FNO2. The summed E-state index contributed by atoms with van der Waals surface area (Å²) in [5.41, 5.74) is 6.65. The fourth-order valence-corrected chi connectivity index (χ4v) is 3.05. The molecule has 3 nitrogen and oxygen atoms in total. The quantitative estimate of drug-likeness (QED) is 0.883. The van der Waals surface area contributed by atoms with E-state index >= 15 is 0 Å². The summed E-state index contributed by atoms with van der Waals surface area (Å²) in [6.45, 7) is 1.94. The highest BCUT2D eigenvalue weighted by molar-refractivity contribution is 5.89. The molecule has 3 N–H and O–H groups in total. The van der Waals surface area contributed by atoms with Gasteiger partial charge < -0.3 is 10.8 Å². The molecule has 1 aromatic carbocycles. The topological polar surface area (TPSA) is 63.3 Å². The first-order valence-corrected chi connectivity index (χ1v) is 6.74. The number of hydrogen-bond acceptors (Lipinski definition) is 2. The molecule has 104 valence electrons. The SMILES string of the molecule is Cc1c(F)cc(C2(CN)CCCCC2)cc1C(=O)O. The van der Waals surface area contributed by atoms with Gasteiger partial charge in [0.25, 0.3) is 0 Å². The van der Waals surface area contributed by atoms with Gasteiger partial charge in [0, 0.05) is 12.0 Å². The van der Waals surface area contributed by atoms with E-state index in [9.17, 15) is 14.3 Å². The maximum absolute atomic E-state index is 14.0. The number of nitrogens with two attached hydrogens (primary N) is 1. The molecule has 0 bridgehead atoms. The highest BCUT2D eigenvalue weighted by Gasteiger charge is 2.33. The zero-order valence-corrected chi connectivity index (χ0v) is 11.2. The number of carbonyl (C=O) groups is 1. The van der Waals surface area contributed by atoms with Gasteiger partial charge in [-0.05, 0) is 43.0 Å². The lowest BCUT2D eigenvalue weighted by atomic mass is 9.69. The Hall–Kier alpha value is -1.42. The summed E-state index contributed by atoms with van der Waals surface area (Å²) in [6.07, 6.45) is 5.11. The van der Waals surface area contributed by atoms with Crippen molar-refractivity contribution in [1.82, 2.24) is 0 Å². The van der Waals surface area contributed by atoms with E-state index in [0.717, 1.165) is 31.2 Å². The molecule has 0 heterocycles. The van der Waals surface area contributed by atoms with E-state index < -0.39 is 11.8 Å². The Bertz CT molecular complexity index is 493. The molecule has 0 atom stereocenters. The van der Waals surface area contributed by atoms with Crippen LogP contribution in [0.25, 0.3) is 0 Å². The fourth-order valence-electron chi connectivity index (χ4n) is 3.05. The highest BCUT2D eigenvalue weighted by Crippen LogP contribution is 2.39. The Labute approximate surface area is 112 Å². The molecule has 0 amide bonds. The summed E-state index contributed by atoms with van der Waals surface area (Å²) >= 11 is 0. The zero-order valence-electron chi connectivity index (χ0n) is 11.2. The third kappa shape index (κ3) is 2.50. The zero-order chi connectivity index (χ0) is 14.0. The second-order valence-electron chi connectivity index (χ2n) is 5.48. The summed E-state index contributed by atoms with van der Waals surface area (Å²) in [6, 6.07) is 3.08. The molecule has 1 aliphatic rings. The molecule has 0 radical (unpaired) electrons. The van der Waals surface area contributed by atoms with E-state index in [1.165, 1.54) is 19.4 Å². The van der Waals surface area contributed by atoms with Crippen molar-refractivity contribution in [3.05, 3.63) is 34.6 Å². The van der Waals surface area contributed by atoms with Crippen LogP contribution in [0.4, 0.5) is 4.39 Å². The lowest BCUT2D eigenvalue weighted by Crippen LogP contribution is -2.37. The lowest BCUT2D eigenvalue weighted by molar-refractivity contribution is 0.0695. The number of benzene rings is 1. The number of carboxylic acid groups (broad SMARTS) is 1. The molecule has 0 saturated heterocycles. The van der Waals surface area contributed by atoms with Gasteiger partial charge in [-0.25, -0.2) is 9.18 Å². The van der Waals surface area contributed by atoms with Gasteiger partial charge in [-0.1, -0.05) is 19.3 Å². The fraction of sp³-hybridized carbons (Fsp3) is 0.533. The predicted molar refractivity (Wildman–Crippen MR) is 71.9 cm³/mol. The van der Waals surface area contributed by atoms with Crippen molar-refractivity contribution < 1.29 is 14.3 Å². The van der Waals surface area contributed by atoms with E-state index in [4.69, 9.17) is 5.73 Å². The molecular weight excluding hydrogens is 245 g/mol. The van der Waals surface area contributed by atoms with Gasteiger partial charge in [-0.15, -0.1) is 0 Å². The number of rotatable bonds is 3. The number of aromatic carboxylic acids is 1. The predicted octanol–water partition coefficient (Wildman–Crippen LogP) is 2.99. The molecule has 0 aromatic heterocycles. The normalized spacial score (nSPS) is 18.3. The Kier molecular flexibility index (Phi) is 3.90. The van der Waals surface area contributed by atoms with E-state index in [1.54, 1.807) is 6.07 Å². The van der Waals surface area contributed by atoms with E-state index in [2.05, 4.69) is 0 Å². The lowest BCUT2D eigenvalue weighted by Gasteiger charge is -2.37. The van der Waals surface area contributed by atoms with Crippen LogP contribution in [0.2, 0.25) is 0 Å². The largest absolute Gasteiger partial charge is 0.478 e. The average molecular weight is 265 g/mol. The molecule has 4 heteroatoms. The third-order valence-corrected chi connectivity index (χ3v) is 4.39. The first kappa shape index (κ1) is 14.0. The van der Waals surface area contributed by atoms with Crippen molar-refractivity contribution in [2.45, 2.75) is 44.4 Å². The summed E-state index contributed by atoms with van der Waals surface area (Å²) in [5.74, 6) is -1.53. The van der Waals surface area contributed by atoms with Crippen LogP contribution < -0.4 is 5.73 Å². The molecule has 0 spiro atoms. The molecule has 0 aliphatic heterocycles. The van der Waals surface area contributed by atoms with Gasteiger partial charge in [0.1, 0.15) is 5.82 Å². The Morgan fingerprint density at radius 1 is 1.37 bits per heavy atom. The maximum atomic E-state index is 14.0. The second-order valence-corrected chi connectivity index (χ2v) is 5.48. The second kappa shape index (κ2) is 5.29. The van der Waals surface area contributed by atoms with Gasteiger partial charge in [-0.3, -0.25) is 0 Å². The summed E-state index contributed by atoms with van der Waals surface area (Å²) in [4.78, 5) is 11.2. The Balaban J connectivity index is 2.52. The van der Waals surface area contributed by atoms with Gasteiger partial charge >= 0.3 is 5.97 Å². The minimum Gasteiger partial charge on any atom is -0.478 e. The van der Waals surface area contributed by atoms with E-state index in [0.29, 0.717) is 6.54 Å². The van der Waals surface area contributed by atoms with Crippen molar-refractivity contribution in [3.63, 3.8) is 0 Å². The highest BCUT2D eigenvalue weighted by atomic mass is 19.1. The third-order valence-electron chi connectivity index (χ3n) is 4.39. The Morgan fingerprint density at radius 2 is 2.00 bits per heavy atom. The van der Waals surface area contributed by atoms with Crippen molar-refractivity contribution in [3.8, 4) is 0 Å².